The standard InChI is InChI=1S/C13H11N3O3S/c17-16(18)9-3-1-8(2-4-9)12-14-11-5-6-19-7-10(11)13(20)15-12/h1-4H,5-7H2,(H,14,15,20). The number of aromatic nitrogens is 2. The molecule has 0 radical (unpaired) electrons. The first kappa shape index (κ1) is 12.9. The summed E-state index contributed by atoms with van der Waals surface area (Å²) in [6.07, 6.45) is 0.765. The first-order valence-corrected chi connectivity index (χ1v) is 6.50. The van der Waals surface area contributed by atoms with Crippen LogP contribution in [0.4, 0.5) is 5.69 Å². The summed E-state index contributed by atoms with van der Waals surface area (Å²) in [5, 5.41) is 10.6. The third-order valence-electron chi connectivity index (χ3n) is 3.20. The van der Waals surface area contributed by atoms with Crippen molar-refractivity contribution in [1.82, 2.24) is 9.97 Å². The average molecular weight is 289 g/mol. The topological polar surface area (TPSA) is 81.0 Å². The molecule has 6 nitrogen and oxygen atoms in total. The van der Waals surface area contributed by atoms with Gasteiger partial charge < -0.3 is 9.72 Å². The first-order valence-electron chi connectivity index (χ1n) is 6.10. The molecule has 2 aromatic rings. The van der Waals surface area contributed by atoms with Crippen LogP contribution in [0.5, 0.6) is 0 Å². The molecule has 102 valence electrons. The number of benzene rings is 1. The number of hydrogen-bond donors (Lipinski definition) is 1. The molecular weight excluding hydrogens is 278 g/mol. The molecule has 0 unspecified atom stereocenters. The first-order chi connectivity index (χ1) is 9.65. The minimum atomic E-state index is -0.427. The van der Waals surface area contributed by atoms with Gasteiger partial charge in [-0.25, -0.2) is 4.98 Å². The number of nitro benzene ring substituents is 1. The van der Waals surface area contributed by atoms with Crippen molar-refractivity contribution < 1.29 is 9.66 Å². The molecule has 0 fully saturated rings. The highest BCUT2D eigenvalue weighted by atomic mass is 32.1. The van der Waals surface area contributed by atoms with Crippen molar-refractivity contribution in [3.8, 4) is 11.4 Å². The zero-order chi connectivity index (χ0) is 14.1. The molecule has 0 bridgehead atoms. The summed E-state index contributed by atoms with van der Waals surface area (Å²) >= 11 is 5.27. The number of nitrogens with one attached hydrogen (secondary N) is 1. The van der Waals surface area contributed by atoms with Crippen molar-refractivity contribution in [3.63, 3.8) is 0 Å². The Hall–Kier alpha value is -2.12. The van der Waals surface area contributed by atoms with Crippen LogP contribution >= 0.6 is 12.2 Å². The second-order valence-corrected chi connectivity index (χ2v) is 4.84. The van der Waals surface area contributed by atoms with Crippen molar-refractivity contribution in [2.75, 3.05) is 6.61 Å². The highest BCUT2D eigenvalue weighted by Crippen LogP contribution is 2.22. The lowest BCUT2D eigenvalue weighted by molar-refractivity contribution is -0.384. The maximum atomic E-state index is 10.6. The van der Waals surface area contributed by atoms with E-state index in [0.29, 0.717) is 23.7 Å². The van der Waals surface area contributed by atoms with Gasteiger partial charge >= 0.3 is 0 Å². The van der Waals surface area contributed by atoms with E-state index < -0.39 is 4.92 Å². The SMILES string of the molecule is O=[N+]([O-])c1ccc(-c2nc(=S)c3c([nH]2)CCOC3)cc1. The molecule has 0 amide bonds. The lowest BCUT2D eigenvalue weighted by Gasteiger charge is -2.17. The second kappa shape index (κ2) is 5.10. The summed E-state index contributed by atoms with van der Waals surface area (Å²) in [7, 11) is 0. The van der Waals surface area contributed by atoms with Gasteiger partial charge in [0.25, 0.3) is 5.69 Å². The van der Waals surface area contributed by atoms with Crippen LogP contribution in [0.3, 0.4) is 0 Å². The Kier molecular flexibility index (Phi) is 3.29. The third-order valence-corrected chi connectivity index (χ3v) is 3.54. The van der Waals surface area contributed by atoms with Crippen LogP contribution < -0.4 is 0 Å². The number of nitrogens with zero attached hydrogens (tertiary/aromatic N) is 2. The quantitative estimate of drug-likeness (QED) is 0.522. The molecule has 1 aliphatic rings. The number of rotatable bonds is 2. The van der Waals surface area contributed by atoms with Gasteiger partial charge in [0.1, 0.15) is 10.5 Å². The highest BCUT2D eigenvalue weighted by Gasteiger charge is 2.14. The molecule has 0 saturated carbocycles. The van der Waals surface area contributed by atoms with Gasteiger partial charge in [-0.3, -0.25) is 10.1 Å². The van der Waals surface area contributed by atoms with Crippen LogP contribution in [0.25, 0.3) is 11.4 Å². The van der Waals surface area contributed by atoms with E-state index in [2.05, 4.69) is 9.97 Å². The van der Waals surface area contributed by atoms with Gasteiger partial charge in [-0.1, -0.05) is 12.2 Å². The Morgan fingerprint density at radius 2 is 2.10 bits per heavy atom. The Morgan fingerprint density at radius 3 is 2.80 bits per heavy atom. The monoisotopic (exact) mass is 289 g/mol. The molecule has 1 aromatic heterocycles. The minimum Gasteiger partial charge on any atom is -0.376 e. The van der Waals surface area contributed by atoms with Gasteiger partial charge in [0.2, 0.25) is 0 Å². The van der Waals surface area contributed by atoms with Gasteiger partial charge in [-0.05, 0) is 12.1 Å². The van der Waals surface area contributed by atoms with E-state index in [1.807, 2.05) is 0 Å². The maximum Gasteiger partial charge on any atom is 0.269 e. The molecule has 1 aliphatic heterocycles. The highest BCUT2D eigenvalue weighted by molar-refractivity contribution is 7.71. The zero-order valence-electron chi connectivity index (χ0n) is 10.5. The predicted molar refractivity (Wildman–Crippen MR) is 74.9 cm³/mol. The van der Waals surface area contributed by atoms with Crippen molar-refractivity contribution in [2.24, 2.45) is 0 Å². The normalized spacial score (nSPS) is 13.8. The summed E-state index contributed by atoms with van der Waals surface area (Å²) < 4.78 is 5.88. The Morgan fingerprint density at radius 1 is 1.35 bits per heavy atom. The summed E-state index contributed by atoms with van der Waals surface area (Å²) in [5.74, 6) is 0.630. The fourth-order valence-electron chi connectivity index (χ4n) is 2.13. The van der Waals surface area contributed by atoms with Crippen LogP contribution in [-0.4, -0.2) is 21.5 Å². The van der Waals surface area contributed by atoms with Crippen molar-refractivity contribution in [2.45, 2.75) is 13.0 Å². The van der Waals surface area contributed by atoms with Gasteiger partial charge in [0.15, 0.2) is 0 Å². The van der Waals surface area contributed by atoms with Crippen molar-refractivity contribution in [3.05, 3.63) is 50.3 Å². The minimum absolute atomic E-state index is 0.0544. The van der Waals surface area contributed by atoms with Crippen molar-refractivity contribution in [1.29, 1.82) is 0 Å². The van der Waals surface area contributed by atoms with E-state index >= 15 is 0 Å². The molecule has 20 heavy (non-hydrogen) atoms. The van der Waals surface area contributed by atoms with Crippen LogP contribution in [0.15, 0.2) is 24.3 Å². The van der Waals surface area contributed by atoms with Gasteiger partial charge in [0, 0.05) is 35.4 Å². The number of aromatic amines is 1. The Labute approximate surface area is 119 Å². The molecule has 1 N–H and O–H groups in total. The van der Waals surface area contributed by atoms with Crippen LogP contribution in [0.1, 0.15) is 11.3 Å². The fraction of sp³-hybridized carbons (Fsp3) is 0.231. The molecule has 3 rings (SSSR count). The van der Waals surface area contributed by atoms with Crippen LogP contribution in [0, 0.1) is 14.8 Å². The lowest BCUT2D eigenvalue weighted by Crippen LogP contribution is -2.14. The largest absolute Gasteiger partial charge is 0.376 e. The number of fused-ring (bicyclic) bond motifs is 1. The molecule has 7 heteroatoms. The van der Waals surface area contributed by atoms with Gasteiger partial charge in [0.05, 0.1) is 18.1 Å². The number of hydrogen-bond acceptors (Lipinski definition) is 5. The molecule has 0 spiro atoms. The summed E-state index contributed by atoms with van der Waals surface area (Å²) in [4.78, 5) is 17.8. The molecule has 2 heterocycles. The smallest absolute Gasteiger partial charge is 0.269 e. The van der Waals surface area contributed by atoms with Crippen molar-refractivity contribution >= 4 is 17.9 Å². The average Bonchev–Trinajstić information content (AvgIpc) is 2.47. The van der Waals surface area contributed by atoms with Crippen LogP contribution in [-0.2, 0) is 17.8 Å². The predicted octanol–water partition coefficient (Wildman–Crippen LogP) is 2.79. The van der Waals surface area contributed by atoms with Gasteiger partial charge in [-0.15, -0.1) is 0 Å². The van der Waals surface area contributed by atoms with E-state index in [1.54, 1.807) is 12.1 Å². The van der Waals surface area contributed by atoms with Crippen LogP contribution in [0.2, 0.25) is 0 Å². The Bertz CT molecular complexity index is 725. The lowest BCUT2D eigenvalue weighted by atomic mass is 10.1. The molecule has 0 saturated heterocycles. The Balaban J connectivity index is 2.04. The number of non-ortho nitro benzene ring substituents is 1. The summed E-state index contributed by atoms with van der Waals surface area (Å²) in [6, 6.07) is 6.24. The number of ether oxygens (including phenoxy) is 1. The second-order valence-electron chi connectivity index (χ2n) is 4.45. The zero-order valence-corrected chi connectivity index (χ0v) is 11.3. The molecule has 0 atom stereocenters. The molecule has 1 aromatic carbocycles. The van der Waals surface area contributed by atoms with E-state index in [9.17, 15) is 10.1 Å². The third kappa shape index (κ3) is 2.33. The molecular formula is C13H11N3O3S. The fourth-order valence-corrected chi connectivity index (χ4v) is 2.41. The summed E-state index contributed by atoms with van der Waals surface area (Å²) in [6.45, 7) is 1.14. The maximum absolute atomic E-state index is 10.6. The van der Waals surface area contributed by atoms with E-state index in [-0.39, 0.29) is 5.69 Å². The van der Waals surface area contributed by atoms with Gasteiger partial charge in [-0.2, -0.15) is 0 Å². The number of H-pyrrole nitrogens is 1. The number of nitro groups is 1. The van der Waals surface area contributed by atoms with E-state index in [4.69, 9.17) is 17.0 Å². The summed E-state index contributed by atoms with van der Waals surface area (Å²) in [5.41, 5.74) is 2.79. The van der Waals surface area contributed by atoms with E-state index in [0.717, 1.165) is 23.2 Å². The molecule has 0 aliphatic carbocycles. The van der Waals surface area contributed by atoms with E-state index in [1.165, 1.54) is 12.1 Å².